The zero-order valence-electron chi connectivity index (χ0n) is 7.14. The third kappa shape index (κ3) is 0.810. The molecule has 2 fully saturated rings. The van der Waals surface area contributed by atoms with Crippen molar-refractivity contribution in [2.45, 2.75) is 39.5 Å². The van der Waals surface area contributed by atoms with Gasteiger partial charge in [0.1, 0.15) is 0 Å². The number of rotatable bonds is 1. The minimum Gasteiger partial charge on any atom is -0.0651 e. The molecular formula is C10H18. The number of hydrogen-bond acceptors (Lipinski definition) is 0. The zero-order valence-corrected chi connectivity index (χ0v) is 7.14. The minimum absolute atomic E-state index is 1.09. The first-order valence-corrected chi connectivity index (χ1v) is 4.84. The molecule has 4 unspecified atom stereocenters. The fourth-order valence-electron chi connectivity index (χ4n) is 3.10. The first-order valence-electron chi connectivity index (χ1n) is 4.84. The summed E-state index contributed by atoms with van der Waals surface area (Å²) in [6.07, 6.45) is 6.03. The van der Waals surface area contributed by atoms with Crippen LogP contribution in [0.3, 0.4) is 0 Å². The van der Waals surface area contributed by atoms with Crippen LogP contribution in [0.5, 0.6) is 0 Å². The van der Waals surface area contributed by atoms with Crippen LogP contribution in [0.1, 0.15) is 39.5 Å². The summed E-state index contributed by atoms with van der Waals surface area (Å²) >= 11 is 0. The fraction of sp³-hybridized carbons (Fsp3) is 1.00. The van der Waals surface area contributed by atoms with Crippen molar-refractivity contribution in [3.63, 3.8) is 0 Å². The van der Waals surface area contributed by atoms with E-state index in [1.807, 2.05) is 0 Å². The molecule has 0 saturated heterocycles. The van der Waals surface area contributed by atoms with Gasteiger partial charge >= 0.3 is 0 Å². The highest BCUT2D eigenvalue weighted by Gasteiger charge is 2.51. The van der Waals surface area contributed by atoms with E-state index in [9.17, 15) is 0 Å². The second-order valence-electron chi connectivity index (χ2n) is 4.20. The van der Waals surface area contributed by atoms with Crippen molar-refractivity contribution < 1.29 is 0 Å². The molecule has 0 N–H and O–H groups in total. The quantitative estimate of drug-likeness (QED) is 0.522. The maximum absolute atomic E-state index is 2.45. The lowest BCUT2D eigenvalue weighted by molar-refractivity contribution is 0.325. The van der Waals surface area contributed by atoms with Gasteiger partial charge in [0.25, 0.3) is 0 Å². The van der Waals surface area contributed by atoms with E-state index in [0.29, 0.717) is 0 Å². The second-order valence-corrected chi connectivity index (χ2v) is 4.20. The molecule has 0 aliphatic heterocycles. The van der Waals surface area contributed by atoms with Crippen molar-refractivity contribution in [1.29, 1.82) is 0 Å². The highest BCUT2D eigenvalue weighted by Crippen LogP contribution is 2.58. The largest absolute Gasteiger partial charge is 0.0651 e. The summed E-state index contributed by atoms with van der Waals surface area (Å²) in [7, 11) is 0. The van der Waals surface area contributed by atoms with Gasteiger partial charge in [-0.15, -0.1) is 0 Å². The molecule has 0 aromatic carbocycles. The Morgan fingerprint density at radius 1 is 1.30 bits per heavy atom. The Balaban J connectivity index is 1.98. The lowest BCUT2D eigenvalue weighted by Gasteiger charge is -2.18. The monoisotopic (exact) mass is 138 g/mol. The van der Waals surface area contributed by atoms with Crippen molar-refractivity contribution in [3.05, 3.63) is 0 Å². The Kier molecular flexibility index (Phi) is 1.51. The van der Waals surface area contributed by atoms with Crippen molar-refractivity contribution in [3.8, 4) is 0 Å². The van der Waals surface area contributed by atoms with Gasteiger partial charge in [-0.2, -0.15) is 0 Å². The Bertz CT molecular complexity index is 128. The molecule has 0 aromatic rings. The maximum atomic E-state index is 2.45. The normalized spacial score (nSPS) is 52.2. The molecule has 2 saturated carbocycles. The number of fused-ring (bicyclic) bond motifs is 1. The van der Waals surface area contributed by atoms with E-state index in [2.05, 4.69) is 13.8 Å². The molecular weight excluding hydrogens is 120 g/mol. The zero-order chi connectivity index (χ0) is 7.14. The van der Waals surface area contributed by atoms with Crippen LogP contribution < -0.4 is 0 Å². The van der Waals surface area contributed by atoms with Gasteiger partial charge < -0.3 is 0 Å². The fourth-order valence-corrected chi connectivity index (χ4v) is 3.10. The van der Waals surface area contributed by atoms with E-state index in [-0.39, 0.29) is 0 Å². The highest BCUT2D eigenvalue weighted by molar-refractivity contribution is 5.00. The molecule has 0 heterocycles. The maximum Gasteiger partial charge on any atom is -0.0326 e. The van der Waals surface area contributed by atoms with E-state index in [1.165, 1.54) is 19.3 Å². The molecule has 0 spiro atoms. The van der Waals surface area contributed by atoms with Crippen LogP contribution in [0.4, 0.5) is 0 Å². The predicted octanol–water partition coefficient (Wildman–Crippen LogP) is 3.08. The SMILES string of the molecule is CCC1CCCC2C(C)C12. The van der Waals surface area contributed by atoms with Crippen LogP contribution in [0.25, 0.3) is 0 Å². The molecule has 0 nitrogen and oxygen atoms in total. The van der Waals surface area contributed by atoms with Crippen LogP contribution in [-0.2, 0) is 0 Å². The van der Waals surface area contributed by atoms with Crippen LogP contribution in [-0.4, -0.2) is 0 Å². The molecule has 0 aromatic heterocycles. The summed E-state index contributed by atoms with van der Waals surface area (Å²) < 4.78 is 0. The van der Waals surface area contributed by atoms with E-state index in [1.54, 1.807) is 6.42 Å². The highest BCUT2D eigenvalue weighted by atomic mass is 14.6. The molecule has 0 radical (unpaired) electrons. The van der Waals surface area contributed by atoms with Gasteiger partial charge in [0.2, 0.25) is 0 Å². The third-order valence-corrected chi connectivity index (χ3v) is 3.82. The smallest absolute Gasteiger partial charge is 0.0326 e. The van der Waals surface area contributed by atoms with E-state index < -0.39 is 0 Å². The molecule has 58 valence electrons. The van der Waals surface area contributed by atoms with Gasteiger partial charge in [0, 0.05) is 0 Å². The summed E-state index contributed by atoms with van der Waals surface area (Å²) in [5, 5.41) is 0. The molecule has 2 aliphatic carbocycles. The van der Waals surface area contributed by atoms with E-state index in [4.69, 9.17) is 0 Å². The summed E-state index contributed by atoms with van der Waals surface area (Å²) in [5.41, 5.74) is 0. The third-order valence-electron chi connectivity index (χ3n) is 3.82. The second kappa shape index (κ2) is 2.25. The first-order chi connectivity index (χ1) is 4.84. The van der Waals surface area contributed by atoms with Gasteiger partial charge in [0.05, 0.1) is 0 Å². The Morgan fingerprint density at radius 2 is 2.10 bits per heavy atom. The molecule has 0 amide bonds. The summed E-state index contributed by atoms with van der Waals surface area (Å²) in [5.74, 6) is 4.50. The van der Waals surface area contributed by atoms with E-state index in [0.717, 1.165) is 23.7 Å². The first kappa shape index (κ1) is 6.69. The molecule has 4 atom stereocenters. The summed E-state index contributed by atoms with van der Waals surface area (Å²) in [6.45, 7) is 4.81. The molecule has 2 rings (SSSR count). The van der Waals surface area contributed by atoms with E-state index >= 15 is 0 Å². The Hall–Kier alpha value is 0. The number of hydrogen-bond donors (Lipinski definition) is 0. The summed E-state index contributed by atoms with van der Waals surface area (Å²) in [4.78, 5) is 0. The lowest BCUT2D eigenvalue weighted by Crippen LogP contribution is -2.08. The van der Waals surface area contributed by atoms with Crippen LogP contribution in [0, 0.1) is 23.7 Å². The average molecular weight is 138 g/mol. The topological polar surface area (TPSA) is 0 Å². The van der Waals surface area contributed by atoms with Crippen molar-refractivity contribution in [2.75, 3.05) is 0 Å². The standard InChI is InChI=1S/C10H18/c1-3-8-5-4-6-9-7(2)10(8)9/h7-10H,3-6H2,1-2H3. The van der Waals surface area contributed by atoms with Gasteiger partial charge in [-0.3, -0.25) is 0 Å². The van der Waals surface area contributed by atoms with Crippen LogP contribution >= 0.6 is 0 Å². The van der Waals surface area contributed by atoms with Crippen molar-refractivity contribution >= 4 is 0 Å². The van der Waals surface area contributed by atoms with Crippen LogP contribution in [0.2, 0.25) is 0 Å². The minimum atomic E-state index is 1.09. The van der Waals surface area contributed by atoms with Crippen LogP contribution in [0.15, 0.2) is 0 Å². The summed E-state index contributed by atoms with van der Waals surface area (Å²) in [6, 6.07) is 0. The van der Waals surface area contributed by atoms with Crippen molar-refractivity contribution in [2.24, 2.45) is 23.7 Å². The van der Waals surface area contributed by atoms with Gasteiger partial charge in [-0.25, -0.2) is 0 Å². The molecule has 0 bridgehead atoms. The Labute approximate surface area is 64.0 Å². The Morgan fingerprint density at radius 3 is 2.70 bits per heavy atom. The van der Waals surface area contributed by atoms with Gasteiger partial charge in [-0.05, 0) is 30.1 Å². The molecule has 10 heavy (non-hydrogen) atoms. The van der Waals surface area contributed by atoms with Gasteiger partial charge in [0.15, 0.2) is 0 Å². The molecule has 2 aliphatic rings. The van der Waals surface area contributed by atoms with Gasteiger partial charge in [-0.1, -0.05) is 33.1 Å². The average Bonchev–Trinajstić information content (AvgIpc) is 2.63. The lowest BCUT2D eigenvalue weighted by atomic mass is 9.87. The van der Waals surface area contributed by atoms with Crippen molar-refractivity contribution in [1.82, 2.24) is 0 Å². The molecule has 0 heteroatoms. The predicted molar refractivity (Wildman–Crippen MR) is 43.8 cm³/mol.